The predicted molar refractivity (Wildman–Crippen MR) is 114 cm³/mol. The summed E-state index contributed by atoms with van der Waals surface area (Å²) in [5.74, 6) is -0.789. The van der Waals surface area contributed by atoms with E-state index >= 15 is 0 Å². The second-order valence-corrected chi connectivity index (χ2v) is 7.67. The minimum atomic E-state index is -0.799. The van der Waals surface area contributed by atoms with Gasteiger partial charge in [0.2, 0.25) is 5.91 Å². The number of amides is 1. The van der Waals surface area contributed by atoms with E-state index in [-0.39, 0.29) is 22.4 Å². The lowest BCUT2D eigenvalue weighted by atomic mass is 9.99. The van der Waals surface area contributed by atoms with Crippen molar-refractivity contribution in [1.29, 1.82) is 0 Å². The third-order valence-electron chi connectivity index (χ3n) is 4.91. The van der Waals surface area contributed by atoms with Crippen LogP contribution in [0, 0.1) is 13.8 Å². The second kappa shape index (κ2) is 8.31. The van der Waals surface area contributed by atoms with Gasteiger partial charge in [-0.25, -0.2) is 14.5 Å². The number of aromatic nitrogens is 3. The van der Waals surface area contributed by atoms with E-state index in [1.807, 2.05) is 19.9 Å². The smallest absolute Gasteiger partial charge is 0.359 e. The fourth-order valence-electron chi connectivity index (χ4n) is 3.39. The van der Waals surface area contributed by atoms with Gasteiger partial charge in [-0.2, -0.15) is 5.10 Å². The van der Waals surface area contributed by atoms with Crippen molar-refractivity contribution < 1.29 is 19.1 Å². The highest BCUT2D eigenvalue weighted by molar-refractivity contribution is 6.33. The van der Waals surface area contributed by atoms with Gasteiger partial charge >= 0.3 is 5.97 Å². The number of nitrogens with one attached hydrogen (secondary N) is 1. The van der Waals surface area contributed by atoms with Crippen molar-refractivity contribution in [2.24, 2.45) is 0 Å². The third kappa shape index (κ3) is 4.34. The molecule has 3 aromatic rings. The zero-order valence-electron chi connectivity index (χ0n) is 16.9. The number of hydrogen-bond donors (Lipinski definition) is 1. The fourth-order valence-corrected chi connectivity index (χ4v) is 3.58. The number of ketones is 1. The molecule has 3 heterocycles. The number of carbonyl (C=O) groups is 3. The highest BCUT2D eigenvalue weighted by Crippen LogP contribution is 2.24. The number of Topliss-reactive ketones (excluding diaryl/α,β-unsaturated/α-hetero) is 1. The summed E-state index contributed by atoms with van der Waals surface area (Å²) < 4.78 is 6.77. The first-order chi connectivity index (χ1) is 14.8. The van der Waals surface area contributed by atoms with Crippen molar-refractivity contribution in [3.63, 3.8) is 0 Å². The normalized spacial score (nSPS) is 12.8. The highest BCUT2D eigenvalue weighted by atomic mass is 35.5. The van der Waals surface area contributed by atoms with Gasteiger partial charge in [0.05, 0.1) is 10.7 Å². The minimum absolute atomic E-state index is 0.0485. The van der Waals surface area contributed by atoms with Gasteiger partial charge in [-0.15, -0.1) is 0 Å². The predicted octanol–water partition coefficient (Wildman–Crippen LogP) is 3.46. The Hall–Kier alpha value is -3.52. The molecule has 31 heavy (non-hydrogen) atoms. The molecule has 1 N–H and O–H groups in total. The lowest BCUT2D eigenvalue weighted by Crippen LogP contribution is -2.20. The maximum atomic E-state index is 12.5. The molecule has 0 spiro atoms. The van der Waals surface area contributed by atoms with Gasteiger partial charge in [0.15, 0.2) is 23.9 Å². The Morgan fingerprint density at radius 3 is 2.71 bits per heavy atom. The largest absolute Gasteiger partial charge is 0.453 e. The van der Waals surface area contributed by atoms with E-state index in [0.29, 0.717) is 29.9 Å². The monoisotopic (exact) mass is 438 g/mol. The number of pyridine rings is 1. The van der Waals surface area contributed by atoms with Crippen molar-refractivity contribution in [3.05, 3.63) is 69.6 Å². The van der Waals surface area contributed by atoms with Crippen LogP contribution in [-0.4, -0.2) is 39.0 Å². The number of fused-ring (bicyclic) bond motifs is 1. The van der Waals surface area contributed by atoms with Crippen molar-refractivity contribution in [2.75, 3.05) is 11.9 Å². The molecule has 4 rings (SSSR count). The zero-order valence-corrected chi connectivity index (χ0v) is 17.7. The number of rotatable bonds is 5. The highest BCUT2D eigenvalue weighted by Gasteiger charge is 2.20. The van der Waals surface area contributed by atoms with Crippen molar-refractivity contribution in [3.8, 4) is 5.82 Å². The van der Waals surface area contributed by atoms with E-state index in [1.165, 1.54) is 6.07 Å². The first kappa shape index (κ1) is 20.7. The number of nitrogens with zero attached hydrogens (tertiary/aromatic N) is 3. The van der Waals surface area contributed by atoms with Crippen LogP contribution in [0.5, 0.6) is 0 Å². The van der Waals surface area contributed by atoms with Crippen LogP contribution < -0.4 is 5.32 Å². The van der Waals surface area contributed by atoms with Gasteiger partial charge < -0.3 is 10.1 Å². The molecule has 1 aromatic carbocycles. The van der Waals surface area contributed by atoms with Crippen molar-refractivity contribution in [1.82, 2.24) is 14.8 Å². The van der Waals surface area contributed by atoms with Gasteiger partial charge in [-0.1, -0.05) is 11.6 Å². The Bertz CT molecular complexity index is 1220. The van der Waals surface area contributed by atoms with Crippen LogP contribution in [0.3, 0.4) is 0 Å². The average molecular weight is 439 g/mol. The fraction of sp³-hybridized carbons (Fsp3) is 0.227. The molecule has 0 unspecified atom stereocenters. The van der Waals surface area contributed by atoms with Gasteiger partial charge in [0.25, 0.3) is 0 Å². The van der Waals surface area contributed by atoms with Crippen LogP contribution in [0.4, 0.5) is 5.69 Å². The zero-order chi connectivity index (χ0) is 22.1. The third-order valence-corrected chi connectivity index (χ3v) is 5.21. The molecule has 1 amide bonds. The molecule has 2 aromatic heterocycles. The van der Waals surface area contributed by atoms with Gasteiger partial charge in [0.1, 0.15) is 0 Å². The van der Waals surface area contributed by atoms with Crippen molar-refractivity contribution in [2.45, 2.75) is 26.7 Å². The number of carbonyl (C=O) groups excluding carboxylic acids is 3. The number of benzene rings is 1. The number of ether oxygens (including phenoxy) is 1. The second-order valence-electron chi connectivity index (χ2n) is 7.26. The number of aryl methyl sites for hydroxylation is 3. The molecular formula is C22H19ClN4O4. The molecule has 9 heteroatoms. The number of hydrogen-bond acceptors (Lipinski definition) is 6. The van der Waals surface area contributed by atoms with E-state index in [4.69, 9.17) is 16.3 Å². The summed E-state index contributed by atoms with van der Waals surface area (Å²) in [6.07, 6.45) is 0.927. The van der Waals surface area contributed by atoms with Crippen LogP contribution in [0.1, 0.15) is 44.2 Å². The minimum Gasteiger partial charge on any atom is -0.453 e. The molecule has 8 nitrogen and oxygen atoms in total. The molecule has 1 aliphatic heterocycles. The van der Waals surface area contributed by atoms with E-state index in [9.17, 15) is 14.4 Å². The lowest BCUT2D eigenvalue weighted by molar-refractivity contribution is -0.116. The number of halogens is 1. The molecule has 0 saturated carbocycles. The Kier molecular flexibility index (Phi) is 5.56. The molecular weight excluding hydrogens is 420 g/mol. The van der Waals surface area contributed by atoms with Gasteiger partial charge in [0, 0.05) is 23.4 Å². The van der Waals surface area contributed by atoms with Crippen LogP contribution >= 0.6 is 11.6 Å². The van der Waals surface area contributed by atoms with E-state index in [0.717, 1.165) is 17.0 Å². The Morgan fingerprint density at radius 1 is 1.16 bits per heavy atom. The lowest BCUT2D eigenvalue weighted by Gasteiger charge is -2.17. The first-order valence-corrected chi connectivity index (χ1v) is 10.0. The van der Waals surface area contributed by atoms with Gasteiger partial charge in [-0.3, -0.25) is 9.59 Å². The summed E-state index contributed by atoms with van der Waals surface area (Å²) in [5, 5.41) is 7.22. The Labute approximate surface area is 183 Å². The number of anilines is 1. The SMILES string of the molecule is Cc1cc(C)n(-c2ccc(Cl)c(C(=O)OCC(=O)c3ccc4c(c3)CCC(=O)N4)n2)n1. The molecule has 0 saturated heterocycles. The summed E-state index contributed by atoms with van der Waals surface area (Å²) in [4.78, 5) is 40.8. The molecule has 1 aliphatic rings. The molecule has 0 aliphatic carbocycles. The quantitative estimate of drug-likeness (QED) is 0.483. The van der Waals surface area contributed by atoms with E-state index in [1.54, 1.807) is 28.9 Å². The van der Waals surface area contributed by atoms with Crippen LogP contribution in [-0.2, 0) is 16.0 Å². The maximum absolute atomic E-state index is 12.5. The first-order valence-electron chi connectivity index (χ1n) is 9.65. The topological polar surface area (TPSA) is 103 Å². The summed E-state index contributed by atoms with van der Waals surface area (Å²) in [5.41, 5.74) is 3.55. The molecule has 0 fully saturated rings. The Morgan fingerprint density at radius 2 is 1.97 bits per heavy atom. The van der Waals surface area contributed by atoms with Crippen LogP contribution in [0.25, 0.3) is 5.82 Å². The summed E-state index contributed by atoms with van der Waals surface area (Å²) in [6.45, 7) is 3.28. The summed E-state index contributed by atoms with van der Waals surface area (Å²) in [6, 6.07) is 10.1. The molecule has 0 atom stereocenters. The van der Waals surface area contributed by atoms with E-state index in [2.05, 4.69) is 15.4 Å². The Balaban J connectivity index is 1.47. The maximum Gasteiger partial charge on any atom is 0.359 e. The van der Waals surface area contributed by atoms with Crippen LogP contribution in [0.15, 0.2) is 36.4 Å². The molecule has 0 bridgehead atoms. The molecule has 0 radical (unpaired) electrons. The van der Waals surface area contributed by atoms with Gasteiger partial charge in [-0.05, 0) is 62.2 Å². The average Bonchev–Trinajstić information content (AvgIpc) is 3.09. The van der Waals surface area contributed by atoms with Crippen LogP contribution in [0.2, 0.25) is 5.02 Å². The number of esters is 1. The standard InChI is InChI=1S/C22H19ClN4O4/c1-12-9-13(2)27(26-12)19-7-5-16(23)21(25-19)22(30)31-11-18(28)15-3-6-17-14(10-15)4-8-20(29)24-17/h3,5-7,9-10H,4,8,11H2,1-2H3,(H,24,29). The van der Waals surface area contributed by atoms with Crippen molar-refractivity contribution >= 4 is 34.9 Å². The molecule has 158 valence electrons. The summed E-state index contributed by atoms with van der Waals surface area (Å²) >= 11 is 6.13. The summed E-state index contributed by atoms with van der Waals surface area (Å²) in [7, 11) is 0. The van der Waals surface area contributed by atoms with E-state index < -0.39 is 12.6 Å².